The van der Waals surface area contributed by atoms with E-state index < -0.39 is 30.1 Å². The molecule has 3 aromatic carbocycles. The van der Waals surface area contributed by atoms with Crippen LogP contribution < -0.4 is 9.64 Å². The number of fused-ring (bicyclic) bond motifs is 3. The number of hydrogen-bond acceptors (Lipinski definition) is 4. The number of ether oxygens (including phenoxy) is 1. The maximum atomic E-state index is 13.5. The number of imide groups is 1. The number of halogens is 1. The first kappa shape index (κ1) is 17.1. The van der Waals surface area contributed by atoms with Crippen molar-refractivity contribution in [2.75, 3.05) is 11.4 Å². The molecule has 0 bridgehead atoms. The standard InChI is InChI=1S/C22H13FN2O4/c23-13-9-10-14-15(11-13)22(28)24(21(14)27)12-20(26)25-16-5-1-3-7-18(16)29-19-8-4-2-6-17(19)25/h1-11H,12H2. The summed E-state index contributed by atoms with van der Waals surface area (Å²) in [7, 11) is 0. The van der Waals surface area contributed by atoms with Crippen molar-refractivity contribution in [1.29, 1.82) is 0 Å². The highest BCUT2D eigenvalue weighted by molar-refractivity contribution is 6.23. The molecule has 142 valence electrons. The molecule has 6 nitrogen and oxygen atoms in total. The zero-order valence-electron chi connectivity index (χ0n) is 15.0. The van der Waals surface area contributed by atoms with Crippen molar-refractivity contribution in [3.63, 3.8) is 0 Å². The van der Waals surface area contributed by atoms with Gasteiger partial charge < -0.3 is 4.74 Å². The second-order valence-corrected chi connectivity index (χ2v) is 6.65. The molecule has 2 heterocycles. The molecular formula is C22H13FN2O4. The van der Waals surface area contributed by atoms with E-state index in [4.69, 9.17) is 4.74 Å². The number of benzene rings is 3. The van der Waals surface area contributed by atoms with Crippen LogP contribution in [0.4, 0.5) is 15.8 Å². The third-order valence-electron chi connectivity index (χ3n) is 4.91. The zero-order valence-corrected chi connectivity index (χ0v) is 15.0. The Morgan fingerprint density at radius 1 is 0.828 bits per heavy atom. The molecule has 3 amide bonds. The minimum Gasteiger partial charge on any atom is -0.453 e. The first-order valence-electron chi connectivity index (χ1n) is 8.89. The van der Waals surface area contributed by atoms with Crippen LogP contribution in [0.2, 0.25) is 0 Å². The van der Waals surface area contributed by atoms with Crippen LogP contribution in [-0.4, -0.2) is 29.2 Å². The van der Waals surface area contributed by atoms with Crippen molar-refractivity contribution < 1.29 is 23.5 Å². The van der Waals surface area contributed by atoms with E-state index in [9.17, 15) is 18.8 Å². The van der Waals surface area contributed by atoms with Gasteiger partial charge in [0.25, 0.3) is 17.7 Å². The smallest absolute Gasteiger partial charge is 0.262 e. The SMILES string of the molecule is O=C1c2ccc(F)cc2C(=O)N1CC(=O)N1c2ccccc2Oc2ccccc21. The van der Waals surface area contributed by atoms with Gasteiger partial charge in [-0.1, -0.05) is 24.3 Å². The molecule has 0 saturated heterocycles. The zero-order chi connectivity index (χ0) is 20.1. The minimum atomic E-state index is -0.687. The highest BCUT2D eigenvalue weighted by atomic mass is 19.1. The van der Waals surface area contributed by atoms with Gasteiger partial charge in [-0.2, -0.15) is 0 Å². The lowest BCUT2D eigenvalue weighted by molar-refractivity contribution is -0.118. The lowest BCUT2D eigenvalue weighted by atomic mass is 10.1. The molecule has 0 atom stereocenters. The highest BCUT2D eigenvalue weighted by Crippen LogP contribution is 2.46. The first-order valence-corrected chi connectivity index (χ1v) is 8.89. The van der Waals surface area contributed by atoms with Gasteiger partial charge in [0.05, 0.1) is 22.5 Å². The third kappa shape index (κ3) is 2.59. The maximum Gasteiger partial charge on any atom is 0.262 e. The van der Waals surface area contributed by atoms with Gasteiger partial charge in [-0.15, -0.1) is 0 Å². The number of carbonyl (C=O) groups excluding carboxylic acids is 3. The van der Waals surface area contributed by atoms with Gasteiger partial charge in [0, 0.05) is 0 Å². The lowest BCUT2D eigenvalue weighted by Crippen LogP contribution is -2.41. The highest BCUT2D eigenvalue weighted by Gasteiger charge is 2.39. The van der Waals surface area contributed by atoms with Crippen LogP contribution in [0.1, 0.15) is 20.7 Å². The van der Waals surface area contributed by atoms with Gasteiger partial charge >= 0.3 is 0 Å². The number of amides is 3. The summed E-state index contributed by atoms with van der Waals surface area (Å²) in [6.45, 7) is -0.476. The van der Waals surface area contributed by atoms with E-state index in [0.29, 0.717) is 22.9 Å². The summed E-state index contributed by atoms with van der Waals surface area (Å²) in [6, 6.07) is 17.4. The van der Waals surface area contributed by atoms with Crippen LogP contribution >= 0.6 is 0 Å². The fourth-order valence-electron chi connectivity index (χ4n) is 3.59. The Labute approximate surface area is 164 Å². The molecule has 0 unspecified atom stereocenters. The monoisotopic (exact) mass is 388 g/mol. The second kappa shape index (κ2) is 6.27. The molecule has 3 aromatic rings. The number of rotatable bonds is 2. The van der Waals surface area contributed by atoms with Crippen LogP contribution in [-0.2, 0) is 4.79 Å². The van der Waals surface area contributed by atoms with Gasteiger partial charge in [0.1, 0.15) is 12.4 Å². The van der Waals surface area contributed by atoms with E-state index in [1.807, 2.05) is 0 Å². The van der Waals surface area contributed by atoms with Crippen molar-refractivity contribution >= 4 is 29.1 Å². The van der Waals surface area contributed by atoms with Crippen LogP contribution in [0.25, 0.3) is 0 Å². The van der Waals surface area contributed by atoms with E-state index in [-0.39, 0.29) is 11.1 Å². The Morgan fingerprint density at radius 2 is 1.41 bits per heavy atom. The molecule has 0 N–H and O–H groups in total. The number of anilines is 2. The van der Waals surface area contributed by atoms with Crippen LogP contribution in [0, 0.1) is 5.82 Å². The summed E-state index contributed by atoms with van der Waals surface area (Å²) in [5.74, 6) is -1.42. The van der Waals surface area contributed by atoms with Crippen molar-refractivity contribution in [1.82, 2.24) is 4.90 Å². The average Bonchev–Trinajstić information content (AvgIpc) is 2.96. The van der Waals surface area contributed by atoms with Gasteiger partial charge in [-0.3, -0.25) is 24.2 Å². The second-order valence-electron chi connectivity index (χ2n) is 6.65. The number of hydrogen-bond donors (Lipinski definition) is 0. The van der Waals surface area contributed by atoms with E-state index in [0.717, 1.165) is 17.0 Å². The van der Waals surface area contributed by atoms with Crippen molar-refractivity contribution in [3.8, 4) is 11.5 Å². The Kier molecular flexibility index (Phi) is 3.70. The lowest BCUT2D eigenvalue weighted by Gasteiger charge is -2.31. The van der Waals surface area contributed by atoms with Crippen LogP contribution in [0.5, 0.6) is 11.5 Å². The first-order chi connectivity index (χ1) is 14.0. The summed E-state index contributed by atoms with van der Waals surface area (Å²) in [4.78, 5) is 40.7. The van der Waals surface area contributed by atoms with Gasteiger partial charge in [0.2, 0.25) is 0 Å². The summed E-state index contributed by atoms with van der Waals surface area (Å²) in [5.41, 5.74) is 1.08. The number of carbonyl (C=O) groups is 3. The third-order valence-corrected chi connectivity index (χ3v) is 4.91. The Balaban J connectivity index is 1.51. The molecular weight excluding hydrogens is 375 g/mol. The molecule has 7 heteroatoms. The Bertz CT molecular complexity index is 1160. The molecule has 0 aromatic heterocycles. The van der Waals surface area contributed by atoms with E-state index in [1.165, 1.54) is 11.0 Å². The summed E-state index contributed by atoms with van der Waals surface area (Å²) in [5, 5.41) is 0. The molecule has 5 rings (SSSR count). The largest absolute Gasteiger partial charge is 0.453 e. The minimum absolute atomic E-state index is 0.0365. The molecule has 2 aliphatic heterocycles. The molecule has 0 fully saturated rings. The molecule has 29 heavy (non-hydrogen) atoms. The quantitative estimate of drug-likeness (QED) is 0.625. The average molecular weight is 388 g/mol. The topological polar surface area (TPSA) is 66.9 Å². The van der Waals surface area contributed by atoms with Gasteiger partial charge in [0.15, 0.2) is 11.5 Å². The summed E-state index contributed by atoms with van der Waals surface area (Å²) >= 11 is 0. The predicted octanol–water partition coefficient (Wildman–Crippen LogP) is 3.89. The molecule has 0 aliphatic carbocycles. The summed E-state index contributed by atoms with van der Waals surface area (Å²) in [6.07, 6.45) is 0. The normalized spacial score (nSPS) is 14.2. The Morgan fingerprint density at radius 3 is 2.07 bits per heavy atom. The van der Waals surface area contributed by atoms with E-state index in [2.05, 4.69) is 0 Å². The fraction of sp³-hybridized carbons (Fsp3) is 0.0455. The maximum absolute atomic E-state index is 13.5. The number of nitrogens with zero attached hydrogens (tertiary/aromatic N) is 2. The van der Waals surface area contributed by atoms with Gasteiger partial charge in [-0.25, -0.2) is 4.39 Å². The van der Waals surface area contributed by atoms with Crippen molar-refractivity contribution in [2.45, 2.75) is 0 Å². The van der Waals surface area contributed by atoms with Crippen LogP contribution in [0.15, 0.2) is 66.7 Å². The van der Waals surface area contributed by atoms with Gasteiger partial charge in [-0.05, 0) is 42.5 Å². The predicted molar refractivity (Wildman–Crippen MR) is 102 cm³/mol. The fourth-order valence-corrected chi connectivity index (χ4v) is 3.59. The Hall–Kier alpha value is -4.00. The molecule has 2 aliphatic rings. The van der Waals surface area contributed by atoms with Crippen LogP contribution in [0.3, 0.4) is 0 Å². The van der Waals surface area contributed by atoms with E-state index in [1.54, 1.807) is 48.5 Å². The molecule has 0 radical (unpaired) electrons. The number of para-hydroxylation sites is 4. The molecule has 0 saturated carbocycles. The van der Waals surface area contributed by atoms with Crippen molar-refractivity contribution in [3.05, 3.63) is 83.7 Å². The molecule has 0 spiro atoms. The van der Waals surface area contributed by atoms with Crippen molar-refractivity contribution in [2.24, 2.45) is 0 Å². The summed E-state index contributed by atoms with van der Waals surface area (Å²) < 4.78 is 19.4. The van der Waals surface area contributed by atoms with E-state index >= 15 is 0 Å².